The summed E-state index contributed by atoms with van der Waals surface area (Å²) in [6, 6.07) is -7.28. The van der Waals surface area contributed by atoms with E-state index in [2.05, 4.69) is 51.5 Å². The predicted octanol–water partition coefficient (Wildman–Crippen LogP) is -4.89. The van der Waals surface area contributed by atoms with E-state index in [1.807, 2.05) is 0 Å². The van der Waals surface area contributed by atoms with Crippen LogP contribution in [0.5, 0.6) is 0 Å². The quantitative estimate of drug-likeness (QED) is 0.0307. The number of rotatable bonds is 18. The van der Waals surface area contributed by atoms with Crippen LogP contribution >= 0.6 is 25.3 Å². The highest BCUT2D eigenvalue weighted by atomic mass is 32.1. The molecule has 0 aliphatic heterocycles. The van der Waals surface area contributed by atoms with Crippen molar-refractivity contribution in [1.29, 1.82) is 0 Å². The molecule has 0 spiro atoms. The molecule has 0 unspecified atom stereocenters. The Bertz CT molecular complexity index is 918. The van der Waals surface area contributed by atoms with Crippen molar-refractivity contribution in [3.63, 3.8) is 0 Å². The van der Waals surface area contributed by atoms with Crippen molar-refractivity contribution >= 4 is 66.8 Å². The fourth-order valence-corrected chi connectivity index (χ4v) is 3.31. The minimum absolute atomic E-state index is 0.0337. The molecule has 0 aliphatic rings. The average Bonchev–Trinajstić information content (AvgIpc) is 2.85. The second-order valence-electron chi connectivity index (χ2n) is 8.27. The molecule has 39 heavy (non-hydrogen) atoms. The second kappa shape index (κ2) is 18.1. The van der Waals surface area contributed by atoms with Crippen LogP contribution in [-0.2, 0) is 28.8 Å². The fourth-order valence-electron chi connectivity index (χ4n) is 2.90. The van der Waals surface area contributed by atoms with Crippen LogP contribution < -0.4 is 38.5 Å². The Morgan fingerprint density at radius 1 is 0.821 bits per heavy atom. The van der Waals surface area contributed by atoms with Gasteiger partial charge in [-0.25, -0.2) is 4.79 Å². The normalized spacial score (nSPS) is 15.3. The molecule has 19 heteroatoms. The van der Waals surface area contributed by atoms with Crippen LogP contribution in [0.1, 0.15) is 26.2 Å². The Morgan fingerprint density at radius 2 is 1.36 bits per heavy atom. The van der Waals surface area contributed by atoms with Crippen LogP contribution in [0.15, 0.2) is 4.99 Å². The van der Waals surface area contributed by atoms with Gasteiger partial charge < -0.3 is 53.8 Å². The molecule has 222 valence electrons. The molecule has 0 bridgehead atoms. The number of hydrogen-bond acceptors (Lipinski definition) is 11. The lowest BCUT2D eigenvalue weighted by Crippen LogP contribution is -2.61. The van der Waals surface area contributed by atoms with Gasteiger partial charge in [0.05, 0.1) is 18.6 Å². The van der Waals surface area contributed by atoms with Crippen LogP contribution in [0, 0.1) is 0 Å². The molecule has 0 aromatic rings. The van der Waals surface area contributed by atoms with Crippen LogP contribution in [0.2, 0.25) is 0 Å². The second-order valence-corrected chi connectivity index (χ2v) is 9.00. The molecule has 0 saturated heterocycles. The highest BCUT2D eigenvalue weighted by Crippen LogP contribution is 2.04. The largest absolute Gasteiger partial charge is 0.481 e. The first kappa shape index (κ1) is 35.7. The minimum atomic E-state index is -1.76. The Balaban J connectivity index is 5.78. The molecule has 0 radical (unpaired) electrons. The third-order valence-electron chi connectivity index (χ3n) is 4.98. The summed E-state index contributed by atoms with van der Waals surface area (Å²) in [5, 5.41) is 37.1. The van der Waals surface area contributed by atoms with Gasteiger partial charge in [0.2, 0.25) is 23.6 Å². The Labute approximate surface area is 234 Å². The van der Waals surface area contributed by atoms with Gasteiger partial charge in [0, 0.05) is 18.1 Å². The number of aliphatic imine (C=N–C) groups is 1. The van der Waals surface area contributed by atoms with Crippen molar-refractivity contribution in [2.24, 2.45) is 22.2 Å². The number of nitrogens with one attached hydrogen (secondary N) is 4. The summed E-state index contributed by atoms with van der Waals surface area (Å²) in [7, 11) is 0. The molecule has 0 heterocycles. The summed E-state index contributed by atoms with van der Waals surface area (Å²) < 4.78 is 0. The molecule has 0 fully saturated rings. The summed E-state index contributed by atoms with van der Waals surface area (Å²) in [5.41, 5.74) is 16.1. The maximum Gasteiger partial charge on any atom is 0.327 e. The van der Waals surface area contributed by atoms with Gasteiger partial charge in [0.15, 0.2) is 5.96 Å². The number of carbonyl (C=O) groups excluding carboxylic acids is 4. The van der Waals surface area contributed by atoms with Crippen molar-refractivity contribution < 1.29 is 44.1 Å². The predicted molar refractivity (Wildman–Crippen MR) is 145 cm³/mol. The van der Waals surface area contributed by atoms with Gasteiger partial charge in [0.1, 0.15) is 24.2 Å². The molecular formula is C20H36N8O9S2. The van der Waals surface area contributed by atoms with Gasteiger partial charge in [-0.3, -0.25) is 29.0 Å². The average molecular weight is 597 g/mol. The number of amides is 4. The van der Waals surface area contributed by atoms with Crippen LogP contribution in [0.4, 0.5) is 0 Å². The lowest BCUT2D eigenvalue weighted by atomic mass is 10.1. The fraction of sp³-hybridized carbons (Fsp3) is 0.650. The van der Waals surface area contributed by atoms with Gasteiger partial charge in [-0.05, 0) is 19.8 Å². The van der Waals surface area contributed by atoms with Crippen molar-refractivity contribution in [3.05, 3.63) is 0 Å². The summed E-state index contributed by atoms with van der Waals surface area (Å²) in [5.74, 6) is -7.43. The number of carboxylic acids is 2. The topological polar surface area (TPSA) is 302 Å². The third kappa shape index (κ3) is 13.9. The lowest BCUT2D eigenvalue weighted by Gasteiger charge is -2.26. The van der Waals surface area contributed by atoms with Crippen molar-refractivity contribution in [2.75, 3.05) is 18.1 Å². The summed E-state index contributed by atoms with van der Waals surface area (Å²) in [6.45, 7) is 1.22. The summed E-state index contributed by atoms with van der Waals surface area (Å²) >= 11 is 7.73. The van der Waals surface area contributed by atoms with E-state index in [0.717, 1.165) is 6.92 Å². The first-order valence-electron chi connectivity index (χ1n) is 11.5. The first-order valence-corrected chi connectivity index (χ1v) is 12.8. The van der Waals surface area contributed by atoms with E-state index in [1.54, 1.807) is 0 Å². The number of carboxylic acid groups (broad SMARTS) is 2. The smallest absolute Gasteiger partial charge is 0.327 e. The Morgan fingerprint density at radius 3 is 1.82 bits per heavy atom. The highest BCUT2D eigenvalue weighted by molar-refractivity contribution is 7.80. The van der Waals surface area contributed by atoms with E-state index >= 15 is 0 Å². The van der Waals surface area contributed by atoms with E-state index in [4.69, 9.17) is 22.3 Å². The molecule has 6 atom stereocenters. The van der Waals surface area contributed by atoms with E-state index in [-0.39, 0.29) is 36.9 Å². The third-order valence-corrected chi connectivity index (χ3v) is 5.74. The van der Waals surface area contributed by atoms with Gasteiger partial charge in [-0.1, -0.05) is 0 Å². The first-order chi connectivity index (χ1) is 18.1. The molecule has 4 amide bonds. The zero-order chi connectivity index (χ0) is 30.3. The van der Waals surface area contributed by atoms with Crippen molar-refractivity contribution in [2.45, 2.75) is 62.5 Å². The van der Waals surface area contributed by atoms with Crippen molar-refractivity contribution in [3.8, 4) is 0 Å². The zero-order valence-corrected chi connectivity index (χ0v) is 22.9. The molecule has 17 nitrogen and oxygen atoms in total. The number of aliphatic hydroxyl groups is 1. The number of nitrogens with zero attached hydrogens (tertiary/aromatic N) is 1. The Kier molecular flexibility index (Phi) is 16.6. The maximum atomic E-state index is 13.0. The maximum absolute atomic E-state index is 13.0. The molecule has 0 saturated carbocycles. The van der Waals surface area contributed by atoms with E-state index in [0.29, 0.717) is 0 Å². The summed E-state index contributed by atoms with van der Waals surface area (Å²) in [4.78, 5) is 76.9. The van der Waals surface area contributed by atoms with Crippen LogP contribution in [-0.4, -0.2) is 111 Å². The van der Waals surface area contributed by atoms with E-state index < -0.39 is 78.3 Å². The van der Waals surface area contributed by atoms with Gasteiger partial charge in [-0.2, -0.15) is 25.3 Å². The Hall–Kier alpha value is -3.29. The number of aliphatic hydroxyl groups excluding tert-OH is 1. The van der Waals surface area contributed by atoms with E-state index in [9.17, 15) is 39.0 Å². The van der Waals surface area contributed by atoms with Crippen molar-refractivity contribution in [1.82, 2.24) is 21.3 Å². The van der Waals surface area contributed by atoms with Crippen LogP contribution in [0.25, 0.3) is 0 Å². The van der Waals surface area contributed by atoms with Gasteiger partial charge in [0.25, 0.3) is 0 Å². The molecule has 0 aromatic carbocycles. The zero-order valence-electron chi connectivity index (χ0n) is 21.1. The van der Waals surface area contributed by atoms with E-state index in [1.165, 1.54) is 0 Å². The highest BCUT2D eigenvalue weighted by Gasteiger charge is 2.34. The number of carbonyl (C=O) groups is 6. The SMILES string of the molecule is C[C@@H](O)[C@H](NC(=O)[C@H](CC(=O)O)NC(=O)[C@H](CCCN=C(N)N)NC(=O)[C@@H](N)CS)C(=O)N[C@@H](CS)C(=O)O. The standard InChI is InChI=1S/C20H36N8O9S2/c1-8(29)14(18(35)27-12(7-39)19(36)37)28-17(34)11(5-13(30)31)26-16(33)10(3-2-4-24-20(22)23)25-15(32)9(21)6-38/h8-12,14,29,38-39H,2-7,21H2,1H3,(H,25,32)(H,26,33)(H,27,35)(H,28,34)(H,30,31)(H,36,37)(H4,22,23,24)/t8-,9+,10+,11+,12+,14+/m1/s1. The van der Waals surface area contributed by atoms with Gasteiger partial charge >= 0.3 is 11.9 Å². The number of aliphatic carboxylic acids is 2. The minimum Gasteiger partial charge on any atom is -0.481 e. The van der Waals surface area contributed by atoms with Crippen LogP contribution in [0.3, 0.4) is 0 Å². The van der Waals surface area contributed by atoms with Gasteiger partial charge in [-0.15, -0.1) is 0 Å². The number of thiol groups is 2. The number of nitrogens with two attached hydrogens (primary N) is 3. The number of guanidine groups is 1. The monoisotopic (exact) mass is 596 g/mol. The molecule has 0 aromatic heterocycles. The molecule has 13 N–H and O–H groups in total. The number of hydrogen-bond donors (Lipinski definition) is 12. The summed E-state index contributed by atoms with van der Waals surface area (Å²) in [6.07, 6.45) is -2.32. The molecule has 0 rings (SSSR count). The molecular weight excluding hydrogens is 560 g/mol. The molecule has 0 aliphatic carbocycles. The lowest BCUT2D eigenvalue weighted by molar-refractivity contribution is -0.143.